The van der Waals surface area contributed by atoms with Crippen molar-refractivity contribution in [3.63, 3.8) is 0 Å². The number of hydrogen-bond donors (Lipinski definition) is 1. The van der Waals surface area contributed by atoms with Gasteiger partial charge in [0.25, 0.3) is 0 Å². The Morgan fingerprint density at radius 3 is 3.06 bits per heavy atom. The first-order chi connectivity index (χ1) is 8.68. The van der Waals surface area contributed by atoms with Gasteiger partial charge in [-0.3, -0.25) is 4.90 Å². The van der Waals surface area contributed by atoms with Crippen LogP contribution in [0.3, 0.4) is 0 Å². The molecule has 3 heteroatoms. The van der Waals surface area contributed by atoms with Crippen molar-refractivity contribution in [3.05, 3.63) is 22.4 Å². The summed E-state index contributed by atoms with van der Waals surface area (Å²) < 4.78 is 0. The first-order valence-electron chi connectivity index (χ1n) is 7.19. The lowest BCUT2D eigenvalue weighted by Crippen LogP contribution is -2.45. The zero-order chi connectivity index (χ0) is 13.0. The van der Waals surface area contributed by atoms with Crippen LogP contribution < -0.4 is 5.32 Å². The predicted molar refractivity (Wildman–Crippen MR) is 80.2 cm³/mol. The van der Waals surface area contributed by atoms with E-state index < -0.39 is 0 Å². The van der Waals surface area contributed by atoms with E-state index in [1.807, 2.05) is 11.3 Å². The van der Waals surface area contributed by atoms with E-state index in [0.29, 0.717) is 6.04 Å². The van der Waals surface area contributed by atoms with Crippen molar-refractivity contribution in [3.8, 4) is 0 Å². The summed E-state index contributed by atoms with van der Waals surface area (Å²) in [6.45, 7) is 10.6. The molecule has 1 fully saturated rings. The van der Waals surface area contributed by atoms with E-state index in [0.717, 1.165) is 18.5 Å². The Morgan fingerprint density at radius 1 is 1.50 bits per heavy atom. The summed E-state index contributed by atoms with van der Waals surface area (Å²) in [6, 6.07) is 5.58. The molecular weight excluding hydrogens is 240 g/mol. The molecule has 1 aliphatic rings. The second kappa shape index (κ2) is 6.69. The van der Waals surface area contributed by atoms with Crippen LogP contribution in [-0.4, -0.2) is 30.6 Å². The highest BCUT2D eigenvalue weighted by Gasteiger charge is 2.23. The number of piperidine rings is 1. The van der Waals surface area contributed by atoms with Gasteiger partial charge in [0.05, 0.1) is 0 Å². The SMILES string of the molecule is CC(NCCN1CCCC(C)C1C)c1cccs1. The van der Waals surface area contributed by atoms with Crippen molar-refractivity contribution in [1.82, 2.24) is 10.2 Å². The van der Waals surface area contributed by atoms with Crippen LogP contribution in [0.5, 0.6) is 0 Å². The van der Waals surface area contributed by atoms with E-state index in [9.17, 15) is 0 Å². The third-order valence-electron chi connectivity index (χ3n) is 4.32. The molecular formula is C15H26N2S. The Labute approximate surface area is 115 Å². The molecule has 1 aliphatic heterocycles. The standard InChI is InChI=1S/C15H26N2S/c1-12-6-4-9-17(14(12)3)10-8-16-13(2)15-7-5-11-18-15/h5,7,11-14,16H,4,6,8-10H2,1-3H3. The van der Waals surface area contributed by atoms with Gasteiger partial charge in [0.15, 0.2) is 0 Å². The van der Waals surface area contributed by atoms with Gasteiger partial charge in [-0.25, -0.2) is 0 Å². The highest BCUT2D eigenvalue weighted by Crippen LogP contribution is 2.22. The lowest BCUT2D eigenvalue weighted by atomic mass is 9.92. The predicted octanol–water partition coefficient (Wildman–Crippen LogP) is 3.52. The number of thiophene rings is 1. The number of hydrogen-bond acceptors (Lipinski definition) is 3. The smallest absolute Gasteiger partial charge is 0.0386 e. The quantitative estimate of drug-likeness (QED) is 0.877. The molecule has 102 valence electrons. The second-order valence-electron chi connectivity index (χ2n) is 5.59. The Kier molecular flexibility index (Phi) is 5.22. The molecule has 3 atom stereocenters. The van der Waals surface area contributed by atoms with Gasteiger partial charge in [-0.1, -0.05) is 13.0 Å². The molecule has 0 radical (unpaired) electrons. The summed E-state index contributed by atoms with van der Waals surface area (Å²) in [5, 5.41) is 5.79. The monoisotopic (exact) mass is 266 g/mol. The maximum absolute atomic E-state index is 3.64. The minimum Gasteiger partial charge on any atom is -0.308 e. The van der Waals surface area contributed by atoms with E-state index >= 15 is 0 Å². The van der Waals surface area contributed by atoms with Crippen LogP contribution in [0.1, 0.15) is 44.5 Å². The van der Waals surface area contributed by atoms with Gasteiger partial charge in [0, 0.05) is 30.1 Å². The van der Waals surface area contributed by atoms with Crippen LogP contribution in [0.2, 0.25) is 0 Å². The molecule has 0 bridgehead atoms. The number of likely N-dealkylation sites (tertiary alicyclic amines) is 1. The molecule has 0 spiro atoms. The van der Waals surface area contributed by atoms with E-state index in [4.69, 9.17) is 0 Å². The molecule has 1 N–H and O–H groups in total. The summed E-state index contributed by atoms with van der Waals surface area (Å²) in [6.07, 6.45) is 2.77. The topological polar surface area (TPSA) is 15.3 Å². The van der Waals surface area contributed by atoms with Gasteiger partial charge in [-0.15, -0.1) is 11.3 Å². The molecule has 0 aliphatic carbocycles. The van der Waals surface area contributed by atoms with Gasteiger partial charge in [-0.2, -0.15) is 0 Å². The van der Waals surface area contributed by atoms with Crippen LogP contribution in [-0.2, 0) is 0 Å². The fourth-order valence-electron chi connectivity index (χ4n) is 2.80. The van der Waals surface area contributed by atoms with Gasteiger partial charge < -0.3 is 5.32 Å². The molecule has 1 saturated heterocycles. The highest BCUT2D eigenvalue weighted by molar-refractivity contribution is 7.10. The van der Waals surface area contributed by atoms with Crippen LogP contribution in [0.15, 0.2) is 17.5 Å². The Morgan fingerprint density at radius 2 is 2.33 bits per heavy atom. The maximum Gasteiger partial charge on any atom is 0.0386 e. The third-order valence-corrected chi connectivity index (χ3v) is 5.38. The summed E-state index contributed by atoms with van der Waals surface area (Å²) in [5.41, 5.74) is 0. The van der Waals surface area contributed by atoms with Gasteiger partial charge >= 0.3 is 0 Å². The van der Waals surface area contributed by atoms with Gasteiger partial charge in [0.2, 0.25) is 0 Å². The molecule has 2 rings (SSSR count). The fourth-order valence-corrected chi connectivity index (χ4v) is 3.56. The number of nitrogens with zero attached hydrogens (tertiary/aromatic N) is 1. The van der Waals surface area contributed by atoms with Crippen molar-refractivity contribution >= 4 is 11.3 Å². The maximum atomic E-state index is 3.64. The molecule has 0 amide bonds. The molecule has 2 nitrogen and oxygen atoms in total. The van der Waals surface area contributed by atoms with Crippen LogP contribution in [0, 0.1) is 5.92 Å². The molecule has 1 aromatic heterocycles. The number of rotatable bonds is 5. The largest absolute Gasteiger partial charge is 0.308 e. The summed E-state index contributed by atoms with van der Waals surface area (Å²) in [7, 11) is 0. The summed E-state index contributed by atoms with van der Waals surface area (Å²) >= 11 is 1.84. The van der Waals surface area contributed by atoms with Crippen molar-refractivity contribution in [2.75, 3.05) is 19.6 Å². The Bertz CT molecular complexity index is 336. The Balaban J connectivity index is 1.71. The normalized spacial score (nSPS) is 27.3. The van der Waals surface area contributed by atoms with E-state index in [1.54, 1.807) is 0 Å². The van der Waals surface area contributed by atoms with E-state index in [2.05, 4.69) is 48.5 Å². The van der Waals surface area contributed by atoms with Crippen molar-refractivity contribution in [2.45, 2.75) is 45.7 Å². The minimum atomic E-state index is 0.488. The van der Waals surface area contributed by atoms with Crippen molar-refractivity contribution in [2.24, 2.45) is 5.92 Å². The first-order valence-corrected chi connectivity index (χ1v) is 8.07. The second-order valence-corrected chi connectivity index (χ2v) is 6.57. The van der Waals surface area contributed by atoms with Crippen LogP contribution in [0.25, 0.3) is 0 Å². The molecule has 0 aromatic carbocycles. The minimum absolute atomic E-state index is 0.488. The molecule has 2 heterocycles. The van der Waals surface area contributed by atoms with Crippen molar-refractivity contribution in [1.29, 1.82) is 0 Å². The van der Waals surface area contributed by atoms with Gasteiger partial charge in [0.1, 0.15) is 0 Å². The van der Waals surface area contributed by atoms with E-state index in [1.165, 1.54) is 30.8 Å². The van der Waals surface area contributed by atoms with E-state index in [-0.39, 0.29) is 0 Å². The third kappa shape index (κ3) is 3.56. The first kappa shape index (κ1) is 14.0. The average molecular weight is 266 g/mol. The Hall–Kier alpha value is -0.380. The number of nitrogens with one attached hydrogen (secondary N) is 1. The highest BCUT2D eigenvalue weighted by atomic mass is 32.1. The molecule has 18 heavy (non-hydrogen) atoms. The molecule has 0 saturated carbocycles. The van der Waals surface area contributed by atoms with Gasteiger partial charge in [-0.05, 0) is 50.6 Å². The lowest BCUT2D eigenvalue weighted by molar-refractivity contribution is 0.114. The van der Waals surface area contributed by atoms with Crippen LogP contribution >= 0.6 is 11.3 Å². The zero-order valence-electron chi connectivity index (χ0n) is 11.9. The zero-order valence-corrected chi connectivity index (χ0v) is 12.7. The summed E-state index contributed by atoms with van der Waals surface area (Å²) in [5.74, 6) is 0.855. The average Bonchev–Trinajstić information content (AvgIpc) is 2.88. The van der Waals surface area contributed by atoms with Crippen molar-refractivity contribution < 1.29 is 0 Å². The molecule has 3 unspecified atom stereocenters. The molecule has 1 aromatic rings. The van der Waals surface area contributed by atoms with Crippen LogP contribution in [0.4, 0.5) is 0 Å². The lowest BCUT2D eigenvalue weighted by Gasteiger charge is -2.38. The summed E-state index contributed by atoms with van der Waals surface area (Å²) in [4.78, 5) is 4.08. The fraction of sp³-hybridized carbons (Fsp3) is 0.733.